The number of carbonyl (C=O) groups is 1. The molecule has 0 unspecified atom stereocenters. The minimum atomic E-state index is -0.520. The molecular weight excluding hydrogens is 483 g/mol. The highest BCUT2D eigenvalue weighted by Gasteiger charge is 2.15. The van der Waals surface area contributed by atoms with Gasteiger partial charge in [-0.05, 0) is 60.2 Å². The van der Waals surface area contributed by atoms with Crippen molar-refractivity contribution in [2.75, 3.05) is 26.4 Å². The number of benzene rings is 3. The van der Waals surface area contributed by atoms with Crippen molar-refractivity contribution in [3.05, 3.63) is 89.8 Å². The predicted molar refractivity (Wildman–Crippen MR) is 149 cm³/mol. The van der Waals surface area contributed by atoms with Crippen LogP contribution in [0.3, 0.4) is 0 Å². The minimum Gasteiger partial charge on any atom is -0.491 e. The molecule has 0 aliphatic carbocycles. The number of aryl methyl sites for hydroxylation is 1. The molecule has 0 atom stereocenters. The maximum Gasteiger partial charge on any atom is 0.333 e. The number of esters is 1. The summed E-state index contributed by atoms with van der Waals surface area (Å²) in [6, 6.07) is 18.7. The lowest BCUT2D eigenvalue weighted by atomic mass is 9.95. The number of carbonyl (C=O) groups excluding carboxylic acids is 1. The molecule has 3 aromatic rings. The third kappa shape index (κ3) is 8.54. The number of unbranched alkanes of at least 4 members (excludes halogenated alkanes) is 2. The quantitative estimate of drug-likeness (QED) is 0.134. The summed E-state index contributed by atoms with van der Waals surface area (Å²) in [5, 5.41) is 8.81. The molecule has 0 aliphatic rings. The third-order valence-corrected chi connectivity index (χ3v) is 6.13. The molecule has 5 nitrogen and oxygen atoms in total. The van der Waals surface area contributed by atoms with E-state index in [1.165, 1.54) is 30.9 Å². The van der Waals surface area contributed by atoms with Gasteiger partial charge >= 0.3 is 5.97 Å². The molecular formula is C32H37FO5. The van der Waals surface area contributed by atoms with Crippen molar-refractivity contribution in [3.63, 3.8) is 0 Å². The Kier molecular flexibility index (Phi) is 11.5. The zero-order valence-electron chi connectivity index (χ0n) is 22.3. The van der Waals surface area contributed by atoms with Crippen LogP contribution in [0.5, 0.6) is 5.75 Å². The van der Waals surface area contributed by atoms with Crippen molar-refractivity contribution < 1.29 is 28.5 Å². The van der Waals surface area contributed by atoms with E-state index in [1.807, 2.05) is 18.2 Å². The molecule has 0 saturated carbocycles. The van der Waals surface area contributed by atoms with Crippen LogP contribution in [0.4, 0.5) is 4.39 Å². The molecule has 1 N–H and O–H groups in total. The summed E-state index contributed by atoms with van der Waals surface area (Å²) in [7, 11) is 0. The molecule has 0 aromatic heterocycles. The van der Waals surface area contributed by atoms with Gasteiger partial charge in [-0.25, -0.2) is 9.18 Å². The fraction of sp³-hybridized carbons (Fsp3) is 0.344. The second-order valence-corrected chi connectivity index (χ2v) is 9.21. The molecule has 3 rings (SSSR count). The van der Waals surface area contributed by atoms with Crippen LogP contribution >= 0.6 is 0 Å². The zero-order valence-corrected chi connectivity index (χ0v) is 22.3. The number of ether oxygens (including phenoxy) is 3. The van der Waals surface area contributed by atoms with Crippen LogP contribution in [-0.4, -0.2) is 37.5 Å². The second kappa shape index (κ2) is 15.1. The number of aliphatic hydroxyl groups is 1. The van der Waals surface area contributed by atoms with Crippen LogP contribution in [0.1, 0.15) is 44.2 Å². The number of halogens is 1. The summed E-state index contributed by atoms with van der Waals surface area (Å²) in [4.78, 5) is 12.0. The first kappa shape index (κ1) is 29.1. The monoisotopic (exact) mass is 520 g/mol. The van der Waals surface area contributed by atoms with Gasteiger partial charge in [0.1, 0.15) is 24.8 Å². The smallest absolute Gasteiger partial charge is 0.333 e. The van der Waals surface area contributed by atoms with Gasteiger partial charge in [-0.15, -0.1) is 0 Å². The van der Waals surface area contributed by atoms with Crippen LogP contribution in [0.2, 0.25) is 0 Å². The maximum absolute atomic E-state index is 15.4. The zero-order chi connectivity index (χ0) is 27.3. The summed E-state index contributed by atoms with van der Waals surface area (Å²) in [6.45, 7) is 8.11. The first-order valence-corrected chi connectivity index (χ1v) is 13.1. The Morgan fingerprint density at radius 3 is 2.34 bits per heavy atom. The van der Waals surface area contributed by atoms with Crippen molar-refractivity contribution >= 4 is 5.97 Å². The fourth-order valence-corrected chi connectivity index (χ4v) is 4.05. The van der Waals surface area contributed by atoms with Gasteiger partial charge in [0.2, 0.25) is 0 Å². The molecule has 38 heavy (non-hydrogen) atoms. The van der Waals surface area contributed by atoms with E-state index in [0.717, 1.165) is 17.5 Å². The minimum absolute atomic E-state index is 0.0539. The van der Waals surface area contributed by atoms with Crippen molar-refractivity contribution in [1.29, 1.82) is 0 Å². The number of aliphatic hydroxyl groups excluding tert-OH is 1. The van der Waals surface area contributed by atoms with E-state index >= 15 is 4.39 Å². The van der Waals surface area contributed by atoms with Gasteiger partial charge in [0, 0.05) is 16.7 Å². The summed E-state index contributed by atoms with van der Waals surface area (Å²) >= 11 is 0. The van der Waals surface area contributed by atoms with Crippen molar-refractivity contribution in [2.45, 2.75) is 46.1 Å². The lowest BCUT2D eigenvalue weighted by molar-refractivity contribution is -0.140. The lowest BCUT2D eigenvalue weighted by Gasteiger charge is -2.15. The van der Waals surface area contributed by atoms with Crippen LogP contribution in [-0.2, 0) is 27.3 Å². The highest BCUT2D eigenvalue weighted by molar-refractivity contribution is 5.87. The number of rotatable bonds is 15. The molecule has 3 aromatic carbocycles. The number of hydrogen-bond acceptors (Lipinski definition) is 5. The van der Waals surface area contributed by atoms with Crippen LogP contribution in [0.25, 0.3) is 22.3 Å². The van der Waals surface area contributed by atoms with Crippen molar-refractivity contribution in [2.24, 2.45) is 0 Å². The Morgan fingerprint density at radius 1 is 0.921 bits per heavy atom. The number of hydrogen-bond donors (Lipinski definition) is 1. The van der Waals surface area contributed by atoms with E-state index < -0.39 is 5.97 Å². The van der Waals surface area contributed by atoms with Crippen LogP contribution in [0.15, 0.2) is 72.8 Å². The van der Waals surface area contributed by atoms with Gasteiger partial charge in [-0.2, -0.15) is 0 Å². The molecule has 0 heterocycles. The summed E-state index contributed by atoms with van der Waals surface area (Å²) in [5.74, 6) is -0.347. The topological polar surface area (TPSA) is 65.0 Å². The maximum atomic E-state index is 15.4. The molecule has 0 fully saturated rings. The molecule has 0 spiro atoms. The molecule has 202 valence electrons. The van der Waals surface area contributed by atoms with E-state index in [2.05, 4.69) is 25.6 Å². The summed E-state index contributed by atoms with van der Waals surface area (Å²) in [6.07, 6.45) is 4.63. The average Bonchev–Trinajstić information content (AvgIpc) is 2.92. The second-order valence-electron chi connectivity index (χ2n) is 9.21. The molecule has 0 amide bonds. The Labute approximate surface area is 224 Å². The fourth-order valence-electron chi connectivity index (χ4n) is 4.05. The van der Waals surface area contributed by atoms with E-state index in [4.69, 9.17) is 19.3 Å². The van der Waals surface area contributed by atoms with Gasteiger partial charge in [0.15, 0.2) is 0 Å². The van der Waals surface area contributed by atoms with Gasteiger partial charge in [-0.1, -0.05) is 68.8 Å². The van der Waals surface area contributed by atoms with Crippen LogP contribution < -0.4 is 4.74 Å². The normalized spacial score (nSPS) is 10.8. The highest BCUT2D eigenvalue weighted by atomic mass is 19.1. The van der Waals surface area contributed by atoms with Crippen molar-refractivity contribution in [3.8, 4) is 28.0 Å². The van der Waals surface area contributed by atoms with Gasteiger partial charge in [0.25, 0.3) is 0 Å². The highest BCUT2D eigenvalue weighted by Crippen LogP contribution is 2.33. The Bertz CT molecular complexity index is 1200. The third-order valence-electron chi connectivity index (χ3n) is 6.13. The van der Waals surface area contributed by atoms with Gasteiger partial charge in [-0.3, -0.25) is 0 Å². The van der Waals surface area contributed by atoms with Crippen molar-refractivity contribution in [1.82, 2.24) is 0 Å². The van der Waals surface area contributed by atoms with Gasteiger partial charge in [0.05, 0.1) is 19.8 Å². The molecule has 0 radical (unpaired) electrons. The standard InChI is InChI=1S/C32H37FO5/c1-4-5-6-7-24-8-10-25(11-9-24)26-12-14-30(31(33)21-26)29-15-13-28(37-19-18-36-17-16-34)20-27(29)22-38-32(35)23(2)3/h8-15,20-21,34H,2,4-7,16-19,22H2,1,3H3. The molecule has 6 heteroatoms. The van der Waals surface area contributed by atoms with Gasteiger partial charge < -0.3 is 19.3 Å². The predicted octanol–water partition coefficient (Wildman–Crippen LogP) is 6.90. The lowest BCUT2D eigenvalue weighted by Crippen LogP contribution is -2.10. The Balaban J connectivity index is 1.82. The summed E-state index contributed by atoms with van der Waals surface area (Å²) in [5.41, 5.74) is 4.95. The Morgan fingerprint density at radius 2 is 1.66 bits per heavy atom. The van der Waals surface area contributed by atoms with E-state index in [0.29, 0.717) is 29.0 Å². The van der Waals surface area contributed by atoms with E-state index in [1.54, 1.807) is 31.2 Å². The SMILES string of the molecule is C=C(C)C(=O)OCc1cc(OCCOCCO)ccc1-c1ccc(-c2ccc(CCCCC)cc2)cc1F. The largest absolute Gasteiger partial charge is 0.491 e. The molecule has 0 saturated heterocycles. The first-order valence-electron chi connectivity index (χ1n) is 13.1. The summed E-state index contributed by atoms with van der Waals surface area (Å²) < 4.78 is 31.8. The average molecular weight is 521 g/mol. The Hall–Kier alpha value is -3.48. The van der Waals surface area contributed by atoms with E-state index in [-0.39, 0.29) is 37.8 Å². The van der Waals surface area contributed by atoms with Crippen LogP contribution in [0, 0.1) is 5.82 Å². The molecule has 0 bridgehead atoms. The first-order chi connectivity index (χ1) is 18.4. The molecule has 0 aliphatic heterocycles. The van der Waals surface area contributed by atoms with E-state index in [9.17, 15) is 4.79 Å².